The van der Waals surface area contributed by atoms with Gasteiger partial charge in [-0.05, 0) is 49.1 Å². The van der Waals surface area contributed by atoms with E-state index < -0.39 is 5.60 Å². The number of fused-ring (bicyclic) bond motifs is 2. The van der Waals surface area contributed by atoms with Gasteiger partial charge in [0.05, 0.1) is 5.60 Å². The molecule has 2 aromatic rings. The summed E-state index contributed by atoms with van der Waals surface area (Å²) in [6.45, 7) is 3.60. The first-order chi connectivity index (χ1) is 12.2. The van der Waals surface area contributed by atoms with Crippen LogP contribution in [0.25, 0.3) is 16.5 Å². The van der Waals surface area contributed by atoms with Gasteiger partial charge in [0, 0.05) is 61.3 Å². The fourth-order valence-electron chi connectivity index (χ4n) is 4.82. The number of ether oxygens (including phenoxy) is 1. The summed E-state index contributed by atoms with van der Waals surface area (Å²) >= 11 is 0. The van der Waals surface area contributed by atoms with E-state index >= 15 is 0 Å². The zero-order valence-electron chi connectivity index (χ0n) is 14.6. The summed E-state index contributed by atoms with van der Waals surface area (Å²) < 4.78 is 5.44. The van der Waals surface area contributed by atoms with Crippen molar-refractivity contribution in [2.24, 2.45) is 0 Å². The highest BCUT2D eigenvalue weighted by molar-refractivity contribution is 5.93. The average molecular weight is 338 g/mol. The summed E-state index contributed by atoms with van der Waals surface area (Å²) in [4.78, 5) is 6.03. The molecule has 1 aromatic heterocycles. The molecule has 3 aliphatic rings. The summed E-state index contributed by atoms with van der Waals surface area (Å²) in [6.07, 6.45) is 9.72. The molecule has 4 heteroatoms. The molecule has 0 spiro atoms. The van der Waals surface area contributed by atoms with Crippen molar-refractivity contribution in [1.82, 2.24) is 9.88 Å². The van der Waals surface area contributed by atoms with Crippen LogP contribution in [-0.2, 0) is 10.3 Å². The van der Waals surface area contributed by atoms with Crippen LogP contribution in [-0.4, -0.2) is 47.3 Å². The predicted molar refractivity (Wildman–Crippen MR) is 99.4 cm³/mol. The molecule has 3 aliphatic heterocycles. The maximum Gasteiger partial charge on any atom is 0.0940 e. The molecule has 0 radical (unpaired) electrons. The first-order valence-corrected chi connectivity index (χ1v) is 9.58. The molecule has 2 fully saturated rings. The van der Waals surface area contributed by atoms with Crippen LogP contribution in [0.3, 0.4) is 0 Å². The highest BCUT2D eigenvalue weighted by Crippen LogP contribution is 2.38. The summed E-state index contributed by atoms with van der Waals surface area (Å²) in [5.41, 5.74) is 4.22. The number of aromatic nitrogens is 1. The number of benzene rings is 1. The SMILES string of the molecule is OC1(c2ccc3[nH]cc(C4=CCN5CCC[C@@H]5C4)c3c2)CCOCC1. The first-order valence-electron chi connectivity index (χ1n) is 9.58. The fourth-order valence-corrected chi connectivity index (χ4v) is 4.82. The van der Waals surface area contributed by atoms with Gasteiger partial charge in [-0.15, -0.1) is 0 Å². The fraction of sp³-hybridized carbons (Fsp3) is 0.524. The van der Waals surface area contributed by atoms with Crippen LogP contribution in [0, 0.1) is 0 Å². The number of hydrogen-bond donors (Lipinski definition) is 2. The molecule has 1 atom stereocenters. The van der Waals surface area contributed by atoms with Crippen molar-refractivity contribution < 1.29 is 9.84 Å². The first kappa shape index (κ1) is 15.6. The number of nitrogens with one attached hydrogen (secondary N) is 1. The van der Waals surface area contributed by atoms with Crippen LogP contribution in [0.4, 0.5) is 0 Å². The molecule has 132 valence electrons. The number of aromatic amines is 1. The number of hydrogen-bond acceptors (Lipinski definition) is 3. The van der Waals surface area contributed by atoms with Crippen molar-refractivity contribution in [3.63, 3.8) is 0 Å². The van der Waals surface area contributed by atoms with E-state index in [0.717, 1.165) is 24.0 Å². The van der Waals surface area contributed by atoms with Crippen molar-refractivity contribution in [1.29, 1.82) is 0 Å². The Bertz CT molecular complexity index is 816. The van der Waals surface area contributed by atoms with Crippen LogP contribution in [0.1, 0.15) is 43.2 Å². The molecule has 0 aliphatic carbocycles. The number of H-pyrrole nitrogens is 1. The Balaban J connectivity index is 1.52. The van der Waals surface area contributed by atoms with E-state index in [1.807, 2.05) is 0 Å². The van der Waals surface area contributed by atoms with Crippen LogP contribution in [0.2, 0.25) is 0 Å². The zero-order chi connectivity index (χ0) is 16.9. The predicted octanol–water partition coefficient (Wildman–Crippen LogP) is 3.42. The molecule has 25 heavy (non-hydrogen) atoms. The van der Waals surface area contributed by atoms with E-state index in [9.17, 15) is 5.11 Å². The molecule has 0 bridgehead atoms. The van der Waals surface area contributed by atoms with Crippen LogP contribution >= 0.6 is 0 Å². The second kappa shape index (κ2) is 5.97. The summed E-state index contributed by atoms with van der Waals surface area (Å²) in [6, 6.07) is 7.11. The Kier molecular flexibility index (Phi) is 3.73. The smallest absolute Gasteiger partial charge is 0.0940 e. The Morgan fingerprint density at radius 1 is 1.24 bits per heavy atom. The van der Waals surface area contributed by atoms with Crippen LogP contribution in [0.5, 0.6) is 0 Å². The normalized spacial score (nSPS) is 26.6. The van der Waals surface area contributed by atoms with E-state index in [2.05, 4.69) is 40.4 Å². The molecule has 2 saturated heterocycles. The number of rotatable bonds is 2. The lowest BCUT2D eigenvalue weighted by Gasteiger charge is -2.32. The average Bonchev–Trinajstić information content (AvgIpc) is 3.27. The maximum absolute atomic E-state index is 11.1. The van der Waals surface area contributed by atoms with Crippen molar-refractivity contribution in [2.75, 3.05) is 26.3 Å². The lowest BCUT2D eigenvalue weighted by molar-refractivity contribution is -0.0678. The van der Waals surface area contributed by atoms with Gasteiger partial charge in [-0.3, -0.25) is 4.90 Å². The topological polar surface area (TPSA) is 48.5 Å². The largest absolute Gasteiger partial charge is 0.385 e. The lowest BCUT2D eigenvalue weighted by atomic mass is 9.85. The second-order valence-corrected chi connectivity index (χ2v) is 7.83. The lowest BCUT2D eigenvalue weighted by Crippen LogP contribution is -2.33. The molecule has 1 aromatic carbocycles. The van der Waals surface area contributed by atoms with E-state index in [-0.39, 0.29) is 0 Å². The standard InChI is InChI=1S/C21H26N2O2/c24-21(6-10-25-11-7-21)16-3-4-20-18(13-16)19(14-22-20)15-5-9-23-8-1-2-17(23)12-15/h3-5,13-14,17,22,24H,1-2,6-12H2/t17-/m1/s1. The third kappa shape index (κ3) is 2.64. The Morgan fingerprint density at radius 2 is 2.12 bits per heavy atom. The van der Waals surface area contributed by atoms with Crippen molar-refractivity contribution in [3.05, 3.63) is 41.6 Å². The van der Waals surface area contributed by atoms with Crippen molar-refractivity contribution in [3.8, 4) is 0 Å². The van der Waals surface area contributed by atoms with Crippen LogP contribution in [0.15, 0.2) is 30.5 Å². The number of nitrogens with zero attached hydrogens (tertiary/aromatic N) is 1. The summed E-state index contributed by atoms with van der Waals surface area (Å²) in [7, 11) is 0. The van der Waals surface area contributed by atoms with Gasteiger partial charge in [-0.25, -0.2) is 0 Å². The number of aliphatic hydroxyl groups is 1. The molecular formula is C21H26N2O2. The second-order valence-electron chi connectivity index (χ2n) is 7.83. The van der Waals surface area contributed by atoms with E-state index in [1.54, 1.807) is 0 Å². The minimum Gasteiger partial charge on any atom is -0.385 e. The Morgan fingerprint density at radius 3 is 3.00 bits per heavy atom. The van der Waals surface area contributed by atoms with Gasteiger partial charge in [0.15, 0.2) is 0 Å². The third-order valence-electron chi connectivity index (χ3n) is 6.41. The van der Waals surface area contributed by atoms with Gasteiger partial charge in [0.2, 0.25) is 0 Å². The quantitative estimate of drug-likeness (QED) is 0.882. The van der Waals surface area contributed by atoms with Crippen LogP contribution < -0.4 is 0 Å². The third-order valence-corrected chi connectivity index (χ3v) is 6.41. The summed E-state index contributed by atoms with van der Waals surface area (Å²) in [5, 5.41) is 12.3. The molecule has 0 unspecified atom stereocenters. The highest BCUT2D eigenvalue weighted by Gasteiger charge is 2.33. The molecule has 4 nitrogen and oxygen atoms in total. The van der Waals surface area contributed by atoms with E-state index in [1.165, 1.54) is 35.9 Å². The maximum atomic E-state index is 11.1. The zero-order valence-corrected chi connectivity index (χ0v) is 14.6. The minimum absolute atomic E-state index is 0.636. The van der Waals surface area contributed by atoms with Gasteiger partial charge < -0.3 is 14.8 Å². The molecule has 5 rings (SSSR count). The van der Waals surface area contributed by atoms with Crippen molar-refractivity contribution in [2.45, 2.75) is 43.7 Å². The van der Waals surface area contributed by atoms with E-state index in [0.29, 0.717) is 32.1 Å². The molecule has 2 N–H and O–H groups in total. The molecule has 0 amide bonds. The van der Waals surface area contributed by atoms with E-state index in [4.69, 9.17) is 4.74 Å². The van der Waals surface area contributed by atoms with Gasteiger partial charge in [0.25, 0.3) is 0 Å². The Hall–Kier alpha value is -1.62. The minimum atomic E-state index is -0.746. The monoisotopic (exact) mass is 338 g/mol. The molecule has 0 saturated carbocycles. The van der Waals surface area contributed by atoms with Crippen molar-refractivity contribution >= 4 is 16.5 Å². The molecular weight excluding hydrogens is 312 g/mol. The molecule has 4 heterocycles. The Labute approximate surface area is 148 Å². The highest BCUT2D eigenvalue weighted by atomic mass is 16.5. The van der Waals surface area contributed by atoms with Gasteiger partial charge in [-0.2, -0.15) is 0 Å². The van der Waals surface area contributed by atoms with Gasteiger partial charge in [-0.1, -0.05) is 12.1 Å². The summed E-state index contributed by atoms with van der Waals surface area (Å²) in [5.74, 6) is 0. The van der Waals surface area contributed by atoms with Gasteiger partial charge >= 0.3 is 0 Å². The van der Waals surface area contributed by atoms with Gasteiger partial charge in [0.1, 0.15) is 0 Å².